The molecule has 0 aliphatic carbocycles. The molecule has 0 aromatic carbocycles. The van der Waals surface area contributed by atoms with Crippen LogP contribution in [-0.2, 0) is 11.3 Å². The number of aryl methyl sites for hydroxylation is 1. The quantitative estimate of drug-likeness (QED) is 0.839. The maximum Gasteiger partial charge on any atom is 0.401 e. The number of rotatable bonds is 6. The summed E-state index contributed by atoms with van der Waals surface area (Å²) in [5.41, 5.74) is 0.522. The highest BCUT2D eigenvalue weighted by atomic mass is 19.4. The van der Waals surface area contributed by atoms with Gasteiger partial charge in [0.05, 0.1) is 19.1 Å². The minimum atomic E-state index is -4.35. The van der Waals surface area contributed by atoms with E-state index in [1.165, 1.54) is 0 Å². The van der Waals surface area contributed by atoms with Crippen LogP contribution in [0.3, 0.4) is 0 Å². The van der Waals surface area contributed by atoms with Crippen LogP contribution < -0.4 is 10.6 Å². The minimum Gasteiger partial charge on any atom is -0.361 e. The monoisotopic (exact) mass is 293 g/mol. The molecule has 0 aliphatic rings. The minimum absolute atomic E-state index is 0.118. The number of alkyl halides is 3. The second-order valence-corrected chi connectivity index (χ2v) is 4.86. The molecule has 2 N–H and O–H groups in total. The lowest BCUT2D eigenvalue weighted by atomic mass is 10.0. The molecule has 1 amide bonds. The van der Waals surface area contributed by atoms with Crippen molar-refractivity contribution in [3.63, 3.8) is 0 Å². The SMILES string of the molecule is Cc1cc(CNC(=O)[C@@H](NCC(F)(F)F)C(C)C)no1. The van der Waals surface area contributed by atoms with Crippen molar-refractivity contribution in [1.29, 1.82) is 0 Å². The molecule has 1 heterocycles. The Kier molecular flexibility index (Phi) is 5.55. The van der Waals surface area contributed by atoms with Gasteiger partial charge in [-0.05, 0) is 12.8 Å². The van der Waals surface area contributed by atoms with E-state index >= 15 is 0 Å². The van der Waals surface area contributed by atoms with Crippen LogP contribution in [-0.4, -0.2) is 29.8 Å². The fourth-order valence-electron chi connectivity index (χ4n) is 1.65. The van der Waals surface area contributed by atoms with Gasteiger partial charge in [0.15, 0.2) is 0 Å². The standard InChI is InChI=1S/C12H18F3N3O2/c1-7(2)10(17-6-12(13,14)15)11(19)16-5-9-4-8(3)20-18-9/h4,7,10,17H,5-6H2,1-3H3,(H,16,19)/t10-/m0/s1. The largest absolute Gasteiger partial charge is 0.401 e. The lowest BCUT2D eigenvalue weighted by Gasteiger charge is -2.22. The summed E-state index contributed by atoms with van der Waals surface area (Å²) in [5.74, 6) is -0.161. The van der Waals surface area contributed by atoms with Gasteiger partial charge in [0.2, 0.25) is 5.91 Å². The predicted octanol–water partition coefficient (Wildman–Crippen LogP) is 1.78. The fourth-order valence-corrected chi connectivity index (χ4v) is 1.65. The van der Waals surface area contributed by atoms with Crippen LogP contribution in [0.1, 0.15) is 25.3 Å². The van der Waals surface area contributed by atoms with Crippen molar-refractivity contribution in [2.24, 2.45) is 5.92 Å². The van der Waals surface area contributed by atoms with Crippen molar-refractivity contribution in [3.05, 3.63) is 17.5 Å². The molecule has 8 heteroatoms. The second-order valence-electron chi connectivity index (χ2n) is 4.86. The molecule has 1 atom stereocenters. The normalized spacial score (nSPS) is 13.6. The number of carbonyl (C=O) groups excluding carboxylic acids is 1. The molecule has 0 spiro atoms. The number of hydrogen-bond donors (Lipinski definition) is 2. The Bertz CT molecular complexity index is 443. The summed E-state index contributed by atoms with van der Waals surface area (Å²) in [4.78, 5) is 11.9. The van der Waals surface area contributed by atoms with E-state index < -0.39 is 24.7 Å². The van der Waals surface area contributed by atoms with Crippen LogP contribution >= 0.6 is 0 Å². The summed E-state index contributed by atoms with van der Waals surface area (Å²) < 4.78 is 41.4. The maximum atomic E-state index is 12.2. The topological polar surface area (TPSA) is 67.2 Å². The summed E-state index contributed by atoms with van der Waals surface area (Å²) in [6.07, 6.45) is -4.35. The summed E-state index contributed by atoms with van der Waals surface area (Å²) in [6.45, 7) is 3.97. The maximum absolute atomic E-state index is 12.2. The van der Waals surface area contributed by atoms with E-state index in [9.17, 15) is 18.0 Å². The Hall–Kier alpha value is -1.57. The molecule has 20 heavy (non-hydrogen) atoms. The third-order valence-electron chi connectivity index (χ3n) is 2.59. The van der Waals surface area contributed by atoms with Gasteiger partial charge in [-0.2, -0.15) is 13.2 Å². The smallest absolute Gasteiger partial charge is 0.361 e. The fraction of sp³-hybridized carbons (Fsp3) is 0.667. The van der Waals surface area contributed by atoms with Gasteiger partial charge in [-0.15, -0.1) is 0 Å². The number of aromatic nitrogens is 1. The molecule has 1 aromatic heterocycles. The van der Waals surface area contributed by atoms with Crippen LogP contribution in [0.4, 0.5) is 13.2 Å². The first-order valence-corrected chi connectivity index (χ1v) is 6.19. The zero-order valence-electron chi connectivity index (χ0n) is 11.5. The summed E-state index contributed by atoms with van der Waals surface area (Å²) in [5, 5.41) is 8.45. The third-order valence-corrected chi connectivity index (χ3v) is 2.59. The summed E-state index contributed by atoms with van der Waals surface area (Å²) in [7, 11) is 0. The molecule has 114 valence electrons. The van der Waals surface area contributed by atoms with Gasteiger partial charge in [0.25, 0.3) is 0 Å². The van der Waals surface area contributed by atoms with Crippen LogP contribution in [0.25, 0.3) is 0 Å². The molecule has 0 bridgehead atoms. The molecule has 0 saturated heterocycles. The van der Waals surface area contributed by atoms with E-state index in [1.54, 1.807) is 26.8 Å². The number of amides is 1. The molecule has 0 radical (unpaired) electrons. The highest BCUT2D eigenvalue weighted by Crippen LogP contribution is 2.14. The van der Waals surface area contributed by atoms with E-state index in [2.05, 4.69) is 15.8 Å². The van der Waals surface area contributed by atoms with Gasteiger partial charge in [-0.1, -0.05) is 19.0 Å². The van der Waals surface area contributed by atoms with Crippen LogP contribution in [0.5, 0.6) is 0 Å². The molecule has 0 unspecified atom stereocenters. The van der Waals surface area contributed by atoms with Gasteiger partial charge < -0.3 is 9.84 Å². The second kappa shape index (κ2) is 6.74. The van der Waals surface area contributed by atoms with Crippen LogP contribution in [0.2, 0.25) is 0 Å². The number of nitrogens with one attached hydrogen (secondary N) is 2. The number of hydrogen-bond acceptors (Lipinski definition) is 4. The average Bonchev–Trinajstić information content (AvgIpc) is 2.70. The lowest BCUT2D eigenvalue weighted by Crippen LogP contribution is -2.49. The first kappa shape index (κ1) is 16.5. The first-order valence-electron chi connectivity index (χ1n) is 6.19. The molecular weight excluding hydrogens is 275 g/mol. The van der Waals surface area contributed by atoms with E-state index in [-0.39, 0.29) is 12.5 Å². The molecular formula is C12H18F3N3O2. The lowest BCUT2D eigenvalue weighted by molar-refractivity contribution is -0.133. The van der Waals surface area contributed by atoms with Crippen molar-refractivity contribution >= 4 is 5.91 Å². The molecule has 0 aliphatic heterocycles. The Labute approximate surface area is 114 Å². The number of halogens is 3. The van der Waals surface area contributed by atoms with E-state index in [0.29, 0.717) is 11.5 Å². The Morgan fingerprint density at radius 3 is 2.55 bits per heavy atom. The van der Waals surface area contributed by atoms with Gasteiger partial charge in [-0.25, -0.2) is 0 Å². The molecule has 0 fully saturated rings. The molecule has 1 aromatic rings. The van der Waals surface area contributed by atoms with Crippen LogP contribution in [0, 0.1) is 12.8 Å². The zero-order valence-corrected chi connectivity index (χ0v) is 11.5. The molecule has 5 nitrogen and oxygen atoms in total. The highest BCUT2D eigenvalue weighted by Gasteiger charge is 2.31. The van der Waals surface area contributed by atoms with Gasteiger partial charge in [0.1, 0.15) is 11.5 Å². The highest BCUT2D eigenvalue weighted by molar-refractivity contribution is 5.81. The van der Waals surface area contributed by atoms with Crippen molar-refractivity contribution in [1.82, 2.24) is 15.8 Å². The Balaban J connectivity index is 2.51. The first-order chi connectivity index (χ1) is 9.19. The van der Waals surface area contributed by atoms with Crippen LogP contribution in [0.15, 0.2) is 10.6 Å². The zero-order chi connectivity index (χ0) is 15.3. The predicted molar refractivity (Wildman–Crippen MR) is 65.8 cm³/mol. The summed E-state index contributed by atoms with van der Waals surface area (Å²) >= 11 is 0. The van der Waals surface area contributed by atoms with Crippen molar-refractivity contribution in [2.45, 2.75) is 39.5 Å². The van der Waals surface area contributed by atoms with Crippen molar-refractivity contribution in [2.75, 3.05) is 6.54 Å². The van der Waals surface area contributed by atoms with Gasteiger partial charge >= 0.3 is 6.18 Å². The Morgan fingerprint density at radius 1 is 1.45 bits per heavy atom. The number of nitrogens with zero attached hydrogens (tertiary/aromatic N) is 1. The molecule has 0 saturated carbocycles. The Morgan fingerprint density at radius 2 is 2.10 bits per heavy atom. The van der Waals surface area contributed by atoms with Crippen molar-refractivity contribution < 1.29 is 22.5 Å². The van der Waals surface area contributed by atoms with Crippen molar-refractivity contribution in [3.8, 4) is 0 Å². The van der Waals surface area contributed by atoms with E-state index in [0.717, 1.165) is 0 Å². The average molecular weight is 293 g/mol. The third kappa shape index (κ3) is 5.60. The molecule has 1 rings (SSSR count). The van der Waals surface area contributed by atoms with Gasteiger partial charge in [-0.3, -0.25) is 10.1 Å². The summed E-state index contributed by atoms with van der Waals surface area (Å²) in [6, 6.07) is 0.734. The van der Waals surface area contributed by atoms with E-state index in [4.69, 9.17) is 4.52 Å². The van der Waals surface area contributed by atoms with Gasteiger partial charge in [0, 0.05) is 6.07 Å². The van der Waals surface area contributed by atoms with E-state index in [1.807, 2.05) is 0 Å². The number of carbonyl (C=O) groups is 1.